The fourth-order valence-corrected chi connectivity index (χ4v) is 3.68. The van der Waals surface area contributed by atoms with E-state index in [-0.39, 0.29) is 17.7 Å². The number of carbonyl (C=O) groups is 2. The van der Waals surface area contributed by atoms with E-state index in [1.54, 1.807) is 11.6 Å². The molecule has 150 valence electrons. The third-order valence-electron chi connectivity index (χ3n) is 4.68. The summed E-state index contributed by atoms with van der Waals surface area (Å²) in [5, 5.41) is 11.3. The van der Waals surface area contributed by atoms with E-state index >= 15 is 0 Å². The molecule has 0 radical (unpaired) electrons. The molecule has 7 nitrogen and oxygen atoms in total. The molecule has 1 fully saturated rings. The molecule has 0 bridgehead atoms. The summed E-state index contributed by atoms with van der Waals surface area (Å²) in [6.45, 7) is 4.45. The first-order valence-electron chi connectivity index (χ1n) is 9.39. The summed E-state index contributed by atoms with van der Waals surface area (Å²) >= 11 is 6.36. The number of carbonyl (C=O) groups excluding carboxylic acids is 2. The average molecular weight is 412 g/mol. The van der Waals surface area contributed by atoms with Crippen molar-refractivity contribution in [1.82, 2.24) is 20.5 Å². The van der Waals surface area contributed by atoms with Gasteiger partial charge in [-0.05, 0) is 59.2 Å². The van der Waals surface area contributed by atoms with Crippen LogP contribution in [0.4, 0.5) is 5.13 Å². The first-order chi connectivity index (χ1) is 13.0. The number of nitrogens with zero attached hydrogens (tertiary/aromatic N) is 2. The van der Waals surface area contributed by atoms with Crippen LogP contribution in [-0.2, 0) is 9.59 Å². The molecule has 0 aliphatic carbocycles. The van der Waals surface area contributed by atoms with Crippen molar-refractivity contribution in [3.63, 3.8) is 0 Å². The summed E-state index contributed by atoms with van der Waals surface area (Å²) in [7, 11) is 2.06. The molecule has 2 heterocycles. The molecule has 1 saturated heterocycles. The van der Waals surface area contributed by atoms with Gasteiger partial charge in [-0.1, -0.05) is 12.2 Å². The summed E-state index contributed by atoms with van der Waals surface area (Å²) in [5.74, 6) is -0.240. The van der Waals surface area contributed by atoms with Gasteiger partial charge in [-0.25, -0.2) is 4.98 Å². The van der Waals surface area contributed by atoms with Gasteiger partial charge in [-0.3, -0.25) is 9.59 Å². The SMILES string of the molecule is CC(=S)NCCCC[C@H](NC(=O)C1CCN(C)CC1)C(=O)Nc1nccs1. The van der Waals surface area contributed by atoms with E-state index in [1.807, 2.05) is 6.92 Å². The lowest BCUT2D eigenvalue weighted by Gasteiger charge is -2.29. The maximum atomic E-state index is 12.6. The molecule has 0 aromatic carbocycles. The van der Waals surface area contributed by atoms with Crippen molar-refractivity contribution in [2.24, 2.45) is 5.92 Å². The highest BCUT2D eigenvalue weighted by Crippen LogP contribution is 2.17. The van der Waals surface area contributed by atoms with E-state index in [2.05, 4.69) is 32.9 Å². The fourth-order valence-electron chi connectivity index (χ4n) is 3.04. The molecule has 27 heavy (non-hydrogen) atoms. The Balaban J connectivity index is 1.88. The summed E-state index contributed by atoms with van der Waals surface area (Å²) in [5.41, 5.74) is 0. The molecule has 3 N–H and O–H groups in total. The molecule has 2 rings (SSSR count). The van der Waals surface area contributed by atoms with Crippen LogP contribution in [0, 0.1) is 5.92 Å². The standard InChI is InChI=1S/C18H29N5O2S2/c1-13(26)19-8-4-3-5-15(17(25)22-18-20-9-12-27-18)21-16(24)14-6-10-23(2)11-7-14/h9,12,14-15H,3-8,10-11H2,1-2H3,(H,19,26)(H,21,24)(H,20,22,25)/t15-/m0/s1. The average Bonchev–Trinajstić information content (AvgIpc) is 3.13. The van der Waals surface area contributed by atoms with E-state index in [0.29, 0.717) is 11.6 Å². The Kier molecular flexibility index (Phi) is 9.09. The number of nitrogens with one attached hydrogen (secondary N) is 3. The van der Waals surface area contributed by atoms with Crippen LogP contribution in [0.15, 0.2) is 11.6 Å². The molecule has 2 amide bonds. The molecular weight excluding hydrogens is 382 g/mol. The van der Waals surface area contributed by atoms with E-state index in [1.165, 1.54) is 11.3 Å². The minimum atomic E-state index is -0.547. The highest BCUT2D eigenvalue weighted by molar-refractivity contribution is 7.80. The number of anilines is 1. The highest BCUT2D eigenvalue weighted by atomic mass is 32.1. The lowest BCUT2D eigenvalue weighted by Crippen LogP contribution is -2.48. The molecule has 1 aromatic rings. The number of aromatic nitrogens is 1. The summed E-state index contributed by atoms with van der Waals surface area (Å²) in [6.07, 6.45) is 5.61. The van der Waals surface area contributed by atoms with Crippen LogP contribution in [0.2, 0.25) is 0 Å². The van der Waals surface area contributed by atoms with Crippen LogP contribution in [0.5, 0.6) is 0 Å². The molecule has 9 heteroatoms. The van der Waals surface area contributed by atoms with Gasteiger partial charge < -0.3 is 20.9 Å². The van der Waals surface area contributed by atoms with Crippen LogP contribution in [0.3, 0.4) is 0 Å². The zero-order valence-corrected chi connectivity index (χ0v) is 17.6. The number of hydrogen-bond acceptors (Lipinski definition) is 6. The lowest BCUT2D eigenvalue weighted by atomic mass is 9.95. The van der Waals surface area contributed by atoms with Crippen molar-refractivity contribution >= 4 is 45.5 Å². The predicted molar refractivity (Wildman–Crippen MR) is 113 cm³/mol. The Hall–Kier alpha value is -1.58. The largest absolute Gasteiger partial charge is 0.380 e. The monoisotopic (exact) mass is 411 g/mol. The second-order valence-electron chi connectivity index (χ2n) is 6.94. The van der Waals surface area contributed by atoms with Gasteiger partial charge >= 0.3 is 0 Å². The van der Waals surface area contributed by atoms with Gasteiger partial charge in [-0.2, -0.15) is 0 Å². The van der Waals surface area contributed by atoms with Crippen LogP contribution in [-0.4, -0.2) is 59.4 Å². The van der Waals surface area contributed by atoms with Crippen molar-refractivity contribution in [1.29, 1.82) is 0 Å². The van der Waals surface area contributed by atoms with E-state index in [4.69, 9.17) is 12.2 Å². The van der Waals surface area contributed by atoms with Crippen LogP contribution < -0.4 is 16.0 Å². The summed E-state index contributed by atoms with van der Waals surface area (Å²) < 4.78 is 0. The zero-order chi connectivity index (χ0) is 19.6. The molecule has 0 unspecified atom stereocenters. The van der Waals surface area contributed by atoms with E-state index in [9.17, 15) is 9.59 Å². The molecule has 1 atom stereocenters. The van der Waals surface area contributed by atoms with Crippen molar-refractivity contribution in [2.45, 2.75) is 45.1 Å². The van der Waals surface area contributed by atoms with Crippen molar-refractivity contribution in [3.8, 4) is 0 Å². The molecule has 0 saturated carbocycles. The second kappa shape index (κ2) is 11.3. The molecule has 0 spiro atoms. The zero-order valence-electron chi connectivity index (χ0n) is 16.0. The van der Waals surface area contributed by atoms with Gasteiger partial charge in [0.15, 0.2) is 5.13 Å². The number of piperidine rings is 1. The van der Waals surface area contributed by atoms with Crippen molar-refractivity contribution in [2.75, 3.05) is 32.0 Å². The van der Waals surface area contributed by atoms with Crippen LogP contribution in [0.1, 0.15) is 39.0 Å². The molecule has 1 aromatic heterocycles. The Bertz CT molecular complexity index is 615. The first-order valence-corrected chi connectivity index (χ1v) is 10.7. The highest BCUT2D eigenvalue weighted by Gasteiger charge is 2.27. The Labute approximate surface area is 170 Å². The van der Waals surface area contributed by atoms with Crippen LogP contribution >= 0.6 is 23.6 Å². The number of likely N-dealkylation sites (tertiary alicyclic amines) is 1. The minimum Gasteiger partial charge on any atom is -0.380 e. The van der Waals surface area contributed by atoms with E-state index in [0.717, 1.165) is 50.3 Å². The third-order valence-corrected chi connectivity index (χ3v) is 5.51. The van der Waals surface area contributed by atoms with Gasteiger partial charge in [0.2, 0.25) is 11.8 Å². The number of rotatable bonds is 9. The van der Waals surface area contributed by atoms with Gasteiger partial charge in [0.1, 0.15) is 6.04 Å². The Morgan fingerprint density at radius 1 is 1.37 bits per heavy atom. The van der Waals surface area contributed by atoms with Crippen molar-refractivity contribution < 1.29 is 9.59 Å². The third kappa shape index (κ3) is 7.90. The summed E-state index contributed by atoms with van der Waals surface area (Å²) in [6, 6.07) is -0.547. The maximum absolute atomic E-state index is 12.6. The molecule has 1 aliphatic rings. The van der Waals surface area contributed by atoms with Gasteiger partial charge in [0.05, 0.1) is 4.99 Å². The smallest absolute Gasteiger partial charge is 0.248 e. The molecule has 1 aliphatic heterocycles. The van der Waals surface area contributed by atoms with Gasteiger partial charge in [-0.15, -0.1) is 11.3 Å². The minimum absolute atomic E-state index is 0.0181. The molecular formula is C18H29N5O2S2. The Morgan fingerprint density at radius 3 is 2.74 bits per heavy atom. The quantitative estimate of drug-likeness (QED) is 0.426. The number of thiocarbonyl (C=S) groups is 1. The number of hydrogen-bond donors (Lipinski definition) is 3. The topological polar surface area (TPSA) is 86.4 Å². The van der Waals surface area contributed by atoms with Gasteiger partial charge in [0, 0.05) is 24.0 Å². The first kappa shape index (κ1) is 21.7. The normalized spacial score (nSPS) is 16.5. The predicted octanol–water partition coefficient (Wildman–Crippen LogP) is 2.02. The lowest BCUT2D eigenvalue weighted by molar-refractivity contribution is -0.130. The Morgan fingerprint density at radius 2 is 2.11 bits per heavy atom. The maximum Gasteiger partial charge on any atom is 0.248 e. The van der Waals surface area contributed by atoms with Crippen LogP contribution in [0.25, 0.3) is 0 Å². The van der Waals surface area contributed by atoms with E-state index < -0.39 is 6.04 Å². The number of unbranched alkanes of at least 4 members (excludes halogenated alkanes) is 1. The van der Waals surface area contributed by atoms with Crippen molar-refractivity contribution in [3.05, 3.63) is 11.6 Å². The summed E-state index contributed by atoms with van der Waals surface area (Å²) in [4.78, 5) is 32.4. The number of amides is 2. The fraction of sp³-hybridized carbons (Fsp3) is 0.667. The number of thiazole rings is 1. The van der Waals surface area contributed by atoms with Gasteiger partial charge in [0.25, 0.3) is 0 Å². The second-order valence-corrected chi connectivity index (χ2v) is 8.45.